The molecule has 1 aliphatic heterocycles. The summed E-state index contributed by atoms with van der Waals surface area (Å²) in [5.41, 5.74) is 1.17. The molecular weight excluding hydrogens is 268 g/mol. The van der Waals surface area contributed by atoms with Crippen LogP contribution in [0.3, 0.4) is 0 Å². The number of likely N-dealkylation sites (tertiary alicyclic amines) is 1. The van der Waals surface area contributed by atoms with Crippen LogP contribution in [-0.4, -0.2) is 35.1 Å². The Balaban J connectivity index is 1.65. The molecule has 1 N–H and O–H groups in total. The van der Waals surface area contributed by atoms with Crippen molar-refractivity contribution >= 4 is 23.3 Å². The molecule has 21 heavy (non-hydrogen) atoms. The number of anilines is 1. The Kier molecular flexibility index (Phi) is 3.49. The predicted molar refractivity (Wildman–Crippen MR) is 77.9 cm³/mol. The fourth-order valence-electron chi connectivity index (χ4n) is 2.71. The summed E-state index contributed by atoms with van der Waals surface area (Å²) in [6.45, 7) is 2.01. The Bertz CT molecular complexity index is 607. The lowest BCUT2D eigenvalue weighted by molar-refractivity contribution is -0.128. The average Bonchev–Trinajstić information content (AvgIpc) is 3.22. The van der Waals surface area contributed by atoms with Gasteiger partial charge in [-0.3, -0.25) is 14.4 Å². The quantitative estimate of drug-likeness (QED) is 0.859. The highest BCUT2D eigenvalue weighted by molar-refractivity contribution is 5.99. The molecule has 5 heteroatoms. The van der Waals surface area contributed by atoms with E-state index in [1.165, 1.54) is 6.92 Å². The summed E-state index contributed by atoms with van der Waals surface area (Å²) in [5.74, 6) is -0.400. The number of carbonyl (C=O) groups excluding carboxylic acids is 3. The van der Waals surface area contributed by atoms with E-state index in [1.807, 2.05) is 4.90 Å². The van der Waals surface area contributed by atoms with Crippen LogP contribution in [0.1, 0.15) is 36.5 Å². The van der Waals surface area contributed by atoms with E-state index in [4.69, 9.17) is 0 Å². The third-order valence-electron chi connectivity index (χ3n) is 4.05. The molecular formula is C16H18N2O3. The second-order valence-electron chi connectivity index (χ2n) is 5.80. The monoisotopic (exact) mass is 286 g/mol. The molecule has 2 amide bonds. The number of hydrogen-bond acceptors (Lipinski definition) is 3. The van der Waals surface area contributed by atoms with Gasteiger partial charge in [-0.05, 0) is 31.9 Å². The van der Waals surface area contributed by atoms with Gasteiger partial charge in [0.05, 0.1) is 5.92 Å². The van der Waals surface area contributed by atoms with E-state index in [9.17, 15) is 14.4 Å². The van der Waals surface area contributed by atoms with Crippen molar-refractivity contribution in [2.45, 2.75) is 32.2 Å². The van der Waals surface area contributed by atoms with Crippen molar-refractivity contribution in [3.8, 4) is 0 Å². The van der Waals surface area contributed by atoms with Crippen LogP contribution in [0.4, 0.5) is 5.69 Å². The van der Waals surface area contributed by atoms with Gasteiger partial charge in [-0.25, -0.2) is 0 Å². The van der Waals surface area contributed by atoms with Crippen molar-refractivity contribution in [2.24, 2.45) is 5.92 Å². The van der Waals surface area contributed by atoms with Gasteiger partial charge in [0.25, 0.3) is 0 Å². The maximum absolute atomic E-state index is 12.3. The van der Waals surface area contributed by atoms with Gasteiger partial charge >= 0.3 is 0 Å². The molecule has 1 saturated heterocycles. The van der Waals surface area contributed by atoms with E-state index in [-0.39, 0.29) is 29.9 Å². The van der Waals surface area contributed by atoms with Gasteiger partial charge < -0.3 is 10.2 Å². The van der Waals surface area contributed by atoms with E-state index < -0.39 is 0 Å². The molecule has 110 valence electrons. The molecule has 1 aliphatic carbocycles. The van der Waals surface area contributed by atoms with Gasteiger partial charge in [0, 0.05) is 30.3 Å². The summed E-state index contributed by atoms with van der Waals surface area (Å²) in [6, 6.07) is 7.22. The van der Waals surface area contributed by atoms with Crippen molar-refractivity contribution in [3.63, 3.8) is 0 Å². The highest BCUT2D eigenvalue weighted by Crippen LogP contribution is 2.32. The Labute approximate surface area is 123 Å². The van der Waals surface area contributed by atoms with Crippen molar-refractivity contribution < 1.29 is 14.4 Å². The van der Waals surface area contributed by atoms with Crippen LogP contribution in [0, 0.1) is 5.92 Å². The number of rotatable bonds is 4. The Morgan fingerprint density at radius 2 is 2.05 bits per heavy atom. The van der Waals surface area contributed by atoms with Crippen molar-refractivity contribution in [1.29, 1.82) is 0 Å². The minimum Gasteiger partial charge on any atom is -0.339 e. The molecule has 1 unspecified atom stereocenters. The van der Waals surface area contributed by atoms with Gasteiger partial charge in [-0.2, -0.15) is 0 Å². The lowest BCUT2D eigenvalue weighted by Crippen LogP contribution is -2.29. The van der Waals surface area contributed by atoms with Crippen LogP contribution in [0.2, 0.25) is 0 Å². The zero-order valence-corrected chi connectivity index (χ0v) is 12.0. The summed E-state index contributed by atoms with van der Waals surface area (Å²) in [4.78, 5) is 37.3. The van der Waals surface area contributed by atoms with E-state index in [2.05, 4.69) is 5.32 Å². The van der Waals surface area contributed by atoms with Gasteiger partial charge in [-0.15, -0.1) is 0 Å². The molecule has 2 aliphatic rings. The van der Waals surface area contributed by atoms with E-state index >= 15 is 0 Å². The smallest absolute Gasteiger partial charge is 0.229 e. The minimum absolute atomic E-state index is 0.0398. The van der Waals surface area contributed by atoms with Crippen LogP contribution >= 0.6 is 0 Å². The summed E-state index contributed by atoms with van der Waals surface area (Å²) in [7, 11) is 0. The third kappa shape index (κ3) is 2.96. The fraction of sp³-hybridized carbons (Fsp3) is 0.438. The summed E-state index contributed by atoms with van der Waals surface area (Å²) >= 11 is 0. The van der Waals surface area contributed by atoms with Gasteiger partial charge in [-0.1, -0.05) is 12.1 Å². The molecule has 5 nitrogen and oxygen atoms in total. The van der Waals surface area contributed by atoms with E-state index in [0.29, 0.717) is 23.8 Å². The van der Waals surface area contributed by atoms with Gasteiger partial charge in [0.1, 0.15) is 0 Å². The molecule has 1 aromatic carbocycles. The molecule has 1 heterocycles. The first-order valence-electron chi connectivity index (χ1n) is 7.26. The molecule has 3 rings (SSSR count). The number of hydrogen-bond donors (Lipinski definition) is 1. The molecule has 1 atom stereocenters. The number of nitrogens with zero attached hydrogens (tertiary/aromatic N) is 1. The molecule has 0 bridgehead atoms. The lowest BCUT2D eigenvalue weighted by atomic mass is 10.1. The highest BCUT2D eigenvalue weighted by atomic mass is 16.2. The molecule has 1 saturated carbocycles. The average molecular weight is 286 g/mol. The first-order valence-corrected chi connectivity index (χ1v) is 7.26. The largest absolute Gasteiger partial charge is 0.339 e. The highest BCUT2D eigenvalue weighted by Gasteiger charge is 2.41. The number of carbonyl (C=O) groups is 3. The summed E-state index contributed by atoms with van der Waals surface area (Å²) < 4.78 is 0. The number of ketones is 1. The molecule has 0 aromatic heterocycles. The molecule has 2 fully saturated rings. The standard InChI is InChI=1S/C16H18N2O3/c1-10(19)11-3-2-4-13(7-11)17-16(21)12-8-15(20)18(9-12)14-5-6-14/h2-4,7,12,14H,5-6,8-9H2,1H3,(H,17,21). The summed E-state index contributed by atoms with van der Waals surface area (Å²) in [5, 5.41) is 2.81. The van der Waals surface area contributed by atoms with Crippen LogP contribution in [0.5, 0.6) is 0 Å². The third-order valence-corrected chi connectivity index (χ3v) is 4.05. The maximum atomic E-state index is 12.3. The SMILES string of the molecule is CC(=O)c1cccc(NC(=O)C2CC(=O)N(C3CC3)C2)c1. The van der Waals surface area contributed by atoms with Crippen LogP contribution < -0.4 is 5.32 Å². The zero-order valence-electron chi connectivity index (χ0n) is 12.0. The Hall–Kier alpha value is -2.17. The van der Waals surface area contributed by atoms with Crippen LogP contribution in [0.15, 0.2) is 24.3 Å². The number of benzene rings is 1. The van der Waals surface area contributed by atoms with E-state index in [1.54, 1.807) is 24.3 Å². The van der Waals surface area contributed by atoms with Crippen molar-refractivity contribution in [2.75, 3.05) is 11.9 Å². The molecule has 0 radical (unpaired) electrons. The number of nitrogens with one attached hydrogen (secondary N) is 1. The zero-order chi connectivity index (χ0) is 15.0. The van der Waals surface area contributed by atoms with Gasteiger partial charge in [0.15, 0.2) is 5.78 Å². The maximum Gasteiger partial charge on any atom is 0.229 e. The second-order valence-corrected chi connectivity index (χ2v) is 5.80. The normalized spacial score (nSPS) is 21.5. The summed E-state index contributed by atoms with van der Waals surface area (Å²) in [6.07, 6.45) is 2.40. The van der Waals surface area contributed by atoms with Crippen LogP contribution in [0.25, 0.3) is 0 Å². The first kappa shape index (κ1) is 13.8. The first-order chi connectivity index (χ1) is 10.0. The minimum atomic E-state index is -0.293. The predicted octanol–water partition coefficient (Wildman–Crippen LogP) is 1.84. The lowest BCUT2D eigenvalue weighted by Gasteiger charge is -2.15. The van der Waals surface area contributed by atoms with Crippen molar-refractivity contribution in [1.82, 2.24) is 4.90 Å². The molecule has 1 aromatic rings. The molecule has 0 spiro atoms. The van der Waals surface area contributed by atoms with Gasteiger partial charge in [0.2, 0.25) is 11.8 Å². The van der Waals surface area contributed by atoms with Crippen LogP contribution in [-0.2, 0) is 9.59 Å². The fourth-order valence-corrected chi connectivity index (χ4v) is 2.71. The Morgan fingerprint density at radius 3 is 2.71 bits per heavy atom. The topological polar surface area (TPSA) is 66.5 Å². The van der Waals surface area contributed by atoms with Crippen molar-refractivity contribution in [3.05, 3.63) is 29.8 Å². The van der Waals surface area contributed by atoms with E-state index in [0.717, 1.165) is 12.8 Å². The number of Topliss-reactive ketones (excluding diaryl/α,β-unsaturated/α-hetero) is 1. The second kappa shape index (κ2) is 5.31. The number of amides is 2. The Morgan fingerprint density at radius 1 is 1.29 bits per heavy atom.